The Bertz CT molecular complexity index is 889. The maximum absolute atomic E-state index is 12.7. The Labute approximate surface area is 198 Å². The van der Waals surface area contributed by atoms with Gasteiger partial charge in [-0.1, -0.05) is 6.07 Å². The van der Waals surface area contributed by atoms with Gasteiger partial charge >= 0.3 is 6.18 Å². The number of rotatable bonds is 4. The number of pyridine rings is 2. The Morgan fingerprint density at radius 2 is 1.70 bits per heavy atom. The number of carbonyl (C=O) groups is 1. The Balaban J connectivity index is 0.00000306. The van der Waals surface area contributed by atoms with E-state index in [1.807, 2.05) is 4.90 Å². The van der Waals surface area contributed by atoms with Gasteiger partial charge in [-0.25, -0.2) is 0 Å². The topological polar surface area (TPSA) is 52.6 Å². The van der Waals surface area contributed by atoms with Crippen molar-refractivity contribution in [3.63, 3.8) is 0 Å². The highest BCUT2D eigenvalue weighted by atomic mass is 35.5. The number of nitrogens with zero attached hydrogens (tertiary/aromatic N) is 5. The van der Waals surface area contributed by atoms with Gasteiger partial charge in [-0.15, -0.1) is 12.4 Å². The Kier molecular flexibility index (Phi) is 8.67. The van der Waals surface area contributed by atoms with E-state index >= 15 is 0 Å². The lowest BCUT2D eigenvalue weighted by Crippen LogP contribution is -2.46. The molecule has 180 valence electrons. The molecule has 4 heterocycles. The first-order chi connectivity index (χ1) is 15.4. The van der Waals surface area contributed by atoms with Gasteiger partial charge in [0.2, 0.25) is 0 Å². The van der Waals surface area contributed by atoms with Crippen LogP contribution in [0, 0.1) is 0 Å². The molecule has 2 aliphatic rings. The van der Waals surface area contributed by atoms with Crippen molar-refractivity contribution in [1.29, 1.82) is 0 Å². The molecular formula is C23H29ClF3N5O. The molecule has 2 saturated heterocycles. The zero-order valence-electron chi connectivity index (χ0n) is 18.4. The number of aromatic nitrogens is 2. The van der Waals surface area contributed by atoms with Crippen molar-refractivity contribution in [2.75, 3.05) is 39.3 Å². The quantitative estimate of drug-likeness (QED) is 0.663. The molecule has 2 aromatic rings. The summed E-state index contributed by atoms with van der Waals surface area (Å²) in [5.74, 6) is 0.0641. The van der Waals surface area contributed by atoms with E-state index in [2.05, 4.69) is 19.8 Å². The van der Waals surface area contributed by atoms with E-state index < -0.39 is 11.9 Å². The molecule has 6 nitrogen and oxygen atoms in total. The first-order valence-electron chi connectivity index (χ1n) is 11.1. The fraction of sp³-hybridized carbons (Fsp3) is 0.522. The van der Waals surface area contributed by atoms with Crippen molar-refractivity contribution < 1.29 is 18.0 Å². The smallest absolute Gasteiger partial charge is 0.337 e. The van der Waals surface area contributed by atoms with E-state index in [0.717, 1.165) is 70.2 Å². The van der Waals surface area contributed by atoms with Gasteiger partial charge in [0, 0.05) is 62.9 Å². The van der Waals surface area contributed by atoms with Gasteiger partial charge in [-0.3, -0.25) is 24.6 Å². The van der Waals surface area contributed by atoms with E-state index in [9.17, 15) is 18.0 Å². The first kappa shape index (κ1) is 25.4. The summed E-state index contributed by atoms with van der Waals surface area (Å²) in [4.78, 5) is 27.0. The summed E-state index contributed by atoms with van der Waals surface area (Å²) in [6.45, 7) is 5.75. The molecule has 0 radical (unpaired) electrons. The number of hydrogen-bond donors (Lipinski definition) is 0. The molecular weight excluding hydrogens is 455 g/mol. The van der Waals surface area contributed by atoms with Gasteiger partial charge in [-0.2, -0.15) is 13.2 Å². The number of halogens is 4. The highest BCUT2D eigenvalue weighted by molar-refractivity contribution is 5.94. The second-order valence-corrected chi connectivity index (χ2v) is 8.47. The molecule has 0 atom stereocenters. The van der Waals surface area contributed by atoms with Crippen LogP contribution in [0.4, 0.5) is 13.2 Å². The van der Waals surface area contributed by atoms with Crippen molar-refractivity contribution >= 4 is 18.3 Å². The minimum absolute atomic E-state index is 0. The average Bonchev–Trinajstić information content (AvgIpc) is 3.06. The molecule has 0 saturated carbocycles. The van der Waals surface area contributed by atoms with E-state index in [1.54, 1.807) is 24.5 Å². The number of carbonyl (C=O) groups excluding carboxylic acids is 1. The van der Waals surface area contributed by atoms with E-state index in [0.29, 0.717) is 18.2 Å². The van der Waals surface area contributed by atoms with Crippen LogP contribution in [0.3, 0.4) is 0 Å². The average molecular weight is 484 g/mol. The van der Waals surface area contributed by atoms with E-state index in [1.165, 1.54) is 12.3 Å². The molecule has 2 aliphatic heterocycles. The van der Waals surface area contributed by atoms with Crippen LogP contribution in [0.15, 0.2) is 42.9 Å². The molecule has 10 heteroatoms. The highest BCUT2D eigenvalue weighted by Gasteiger charge is 2.32. The van der Waals surface area contributed by atoms with Crippen molar-refractivity contribution in [2.45, 2.75) is 38.0 Å². The molecule has 0 unspecified atom stereocenters. The van der Waals surface area contributed by atoms with Crippen LogP contribution < -0.4 is 0 Å². The summed E-state index contributed by atoms with van der Waals surface area (Å²) in [6.07, 6.45) is 3.21. The van der Waals surface area contributed by atoms with Gasteiger partial charge in [0.05, 0.1) is 0 Å². The second kappa shape index (κ2) is 11.3. The number of alkyl halides is 3. The summed E-state index contributed by atoms with van der Waals surface area (Å²) < 4.78 is 38.0. The summed E-state index contributed by atoms with van der Waals surface area (Å²) in [5, 5.41) is 0. The van der Waals surface area contributed by atoms with Crippen LogP contribution in [-0.4, -0.2) is 75.9 Å². The predicted molar refractivity (Wildman–Crippen MR) is 121 cm³/mol. The summed E-state index contributed by atoms with van der Waals surface area (Å²) in [6, 6.07) is 6.57. The zero-order chi connectivity index (χ0) is 22.6. The third-order valence-corrected chi connectivity index (χ3v) is 6.34. The molecule has 0 N–H and O–H groups in total. The van der Waals surface area contributed by atoms with Crippen molar-refractivity contribution in [3.05, 3.63) is 59.7 Å². The summed E-state index contributed by atoms with van der Waals surface area (Å²) >= 11 is 0. The molecule has 0 spiro atoms. The van der Waals surface area contributed by atoms with Crippen LogP contribution >= 0.6 is 12.4 Å². The molecule has 1 amide bonds. The lowest BCUT2D eigenvalue weighted by atomic mass is 10.0. The minimum atomic E-state index is -4.40. The first-order valence-corrected chi connectivity index (χ1v) is 11.1. The lowest BCUT2D eigenvalue weighted by Gasteiger charge is -2.38. The normalized spacial score (nSPS) is 19.1. The minimum Gasteiger partial charge on any atom is -0.337 e. The summed E-state index contributed by atoms with van der Waals surface area (Å²) in [5.41, 5.74) is 0.633. The molecule has 33 heavy (non-hydrogen) atoms. The molecule has 0 aliphatic carbocycles. The van der Waals surface area contributed by atoms with Crippen LogP contribution in [0.5, 0.6) is 0 Å². The number of piperidine rings is 1. The molecule has 2 aromatic heterocycles. The lowest BCUT2D eigenvalue weighted by molar-refractivity contribution is -0.141. The Morgan fingerprint density at radius 3 is 2.33 bits per heavy atom. The van der Waals surface area contributed by atoms with Gasteiger partial charge in [0.15, 0.2) is 0 Å². The number of likely N-dealkylation sites (tertiary alicyclic amines) is 1. The third-order valence-electron chi connectivity index (χ3n) is 6.34. The summed E-state index contributed by atoms with van der Waals surface area (Å²) in [7, 11) is 0. The maximum atomic E-state index is 12.7. The third kappa shape index (κ3) is 6.65. The van der Waals surface area contributed by atoms with Crippen LogP contribution in [0.1, 0.15) is 40.9 Å². The van der Waals surface area contributed by atoms with Gasteiger partial charge in [0.1, 0.15) is 5.69 Å². The van der Waals surface area contributed by atoms with Crippen molar-refractivity contribution in [2.24, 2.45) is 0 Å². The highest BCUT2D eigenvalue weighted by Crippen LogP contribution is 2.27. The van der Waals surface area contributed by atoms with Gasteiger partial charge in [0.25, 0.3) is 5.91 Å². The second-order valence-electron chi connectivity index (χ2n) is 8.47. The molecule has 0 bridgehead atoms. The van der Waals surface area contributed by atoms with Crippen LogP contribution in [-0.2, 0) is 12.7 Å². The van der Waals surface area contributed by atoms with Gasteiger partial charge < -0.3 is 4.90 Å². The Morgan fingerprint density at radius 1 is 0.970 bits per heavy atom. The largest absolute Gasteiger partial charge is 0.433 e. The fourth-order valence-corrected chi connectivity index (χ4v) is 4.57. The molecule has 2 fully saturated rings. The van der Waals surface area contributed by atoms with Crippen molar-refractivity contribution in [3.8, 4) is 0 Å². The van der Waals surface area contributed by atoms with E-state index in [4.69, 9.17) is 0 Å². The Hall–Kier alpha value is -2.23. The SMILES string of the molecule is Cl.O=C(c1ccncc1)N1CCCN(C2CCN(Cc3ccc(C(F)(F)F)nc3)CC2)CC1. The van der Waals surface area contributed by atoms with Crippen molar-refractivity contribution in [1.82, 2.24) is 24.7 Å². The number of hydrogen-bond acceptors (Lipinski definition) is 5. The maximum Gasteiger partial charge on any atom is 0.433 e. The molecule has 0 aromatic carbocycles. The standard InChI is InChI=1S/C23H28F3N5O.ClH/c24-23(25,26)21-3-2-18(16-28-21)17-29-12-6-20(7-13-29)30-10-1-11-31(15-14-30)22(32)19-4-8-27-9-5-19;/h2-5,8-9,16,20H,1,6-7,10-15,17H2;1H. The van der Waals surface area contributed by atoms with Gasteiger partial charge in [-0.05, 0) is 56.1 Å². The fourth-order valence-electron chi connectivity index (χ4n) is 4.57. The van der Waals surface area contributed by atoms with Crippen LogP contribution in [0.2, 0.25) is 0 Å². The predicted octanol–water partition coefficient (Wildman–Crippen LogP) is 3.73. The molecule has 4 rings (SSSR count). The zero-order valence-corrected chi connectivity index (χ0v) is 19.2. The number of amides is 1. The van der Waals surface area contributed by atoms with Crippen LogP contribution in [0.25, 0.3) is 0 Å². The monoisotopic (exact) mass is 483 g/mol. The van der Waals surface area contributed by atoms with E-state index in [-0.39, 0.29) is 18.3 Å².